The van der Waals surface area contributed by atoms with E-state index in [-0.39, 0.29) is 11.1 Å². The number of aromatic nitrogens is 1. The van der Waals surface area contributed by atoms with E-state index >= 15 is 0 Å². The lowest BCUT2D eigenvalue weighted by Crippen LogP contribution is -2.42. The van der Waals surface area contributed by atoms with E-state index in [2.05, 4.69) is 67.8 Å². The van der Waals surface area contributed by atoms with Crippen LogP contribution < -0.4 is 21.6 Å². The minimum Gasteiger partial charge on any atom is -0.373 e. The normalized spacial score (nSPS) is 21.6. The van der Waals surface area contributed by atoms with E-state index in [1.54, 1.807) is 6.07 Å². The van der Waals surface area contributed by atoms with Crippen LogP contribution in [0.2, 0.25) is 10.0 Å². The Morgan fingerprint density at radius 2 is 1.84 bits per heavy atom. The number of pyridine rings is 1. The Balaban J connectivity index is 1.23. The first-order valence-electron chi connectivity index (χ1n) is 14.2. The quantitative estimate of drug-likeness (QED) is 0.177. The van der Waals surface area contributed by atoms with E-state index in [0.29, 0.717) is 50.7 Å². The predicted octanol–water partition coefficient (Wildman–Crippen LogP) is 6.57. The molecule has 11 heteroatoms. The van der Waals surface area contributed by atoms with Gasteiger partial charge in [0.15, 0.2) is 0 Å². The maximum Gasteiger partial charge on any atom is 0.141 e. The minimum absolute atomic E-state index is 0.0227. The smallest absolute Gasteiger partial charge is 0.141 e. The Hall–Kier alpha value is -4.07. The molecule has 7 rings (SSSR count). The van der Waals surface area contributed by atoms with Gasteiger partial charge in [0.25, 0.3) is 0 Å². The van der Waals surface area contributed by atoms with Crippen molar-refractivity contribution in [3.63, 3.8) is 0 Å². The zero-order valence-corrected chi connectivity index (χ0v) is 24.8. The highest BCUT2D eigenvalue weighted by Gasteiger charge is 2.58. The Kier molecular flexibility index (Phi) is 7.23. The third-order valence-electron chi connectivity index (χ3n) is 8.59. The van der Waals surface area contributed by atoms with Gasteiger partial charge in [-0.3, -0.25) is 9.99 Å². The van der Waals surface area contributed by atoms with Crippen molar-refractivity contribution in [1.82, 2.24) is 25.9 Å². The van der Waals surface area contributed by atoms with Crippen LogP contribution in [0, 0.1) is 29.0 Å². The van der Waals surface area contributed by atoms with E-state index in [9.17, 15) is 9.65 Å². The van der Waals surface area contributed by atoms with Gasteiger partial charge in [-0.05, 0) is 54.3 Å². The number of hydrazine groups is 2. The van der Waals surface area contributed by atoms with Crippen molar-refractivity contribution in [3.05, 3.63) is 106 Å². The summed E-state index contributed by atoms with van der Waals surface area (Å²) in [5, 5.41) is 20.1. The maximum absolute atomic E-state index is 13.8. The molecule has 1 saturated carbocycles. The number of piperidine rings is 1. The van der Waals surface area contributed by atoms with E-state index in [4.69, 9.17) is 23.2 Å². The lowest BCUT2D eigenvalue weighted by atomic mass is 10.0. The van der Waals surface area contributed by atoms with E-state index in [1.807, 2.05) is 30.3 Å². The number of hydrogen-bond acceptors (Lipinski definition) is 8. The van der Waals surface area contributed by atoms with Crippen LogP contribution in [0.1, 0.15) is 24.1 Å². The fourth-order valence-electron chi connectivity index (χ4n) is 6.34. The van der Waals surface area contributed by atoms with Crippen LogP contribution >= 0.6 is 23.2 Å². The molecule has 3 atom stereocenters. The lowest BCUT2D eigenvalue weighted by Gasteiger charge is -2.22. The number of halogens is 3. The summed E-state index contributed by atoms with van der Waals surface area (Å²) in [6.07, 6.45) is 3.63. The Morgan fingerprint density at radius 3 is 2.56 bits per heavy atom. The standard InChI is InChI=1S/C32H29Cl2FN8/c1-2-42-15-23-24(16-42)32(23)43-17-28(40-41-43)30(18-6-4-3-5-7-18)39-21-10-22-29(38-20-8-9-27(35)25(33)11-20)19(13-36)14-37-31(22)26(34)12-21/h3-12,14,17,23-24,30,32,39-41H,2,15-16H2,1H3,(H,37,38)/t23?,24?,30-,32?/m0/s1. The monoisotopic (exact) mass is 614 g/mol. The zero-order chi connectivity index (χ0) is 29.7. The molecule has 3 heterocycles. The minimum atomic E-state index is -0.524. The van der Waals surface area contributed by atoms with Crippen molar-refractivity contribution in [2.24, 2.45) is 11.8 Å². The second kappa shape index (κ2) is 11.2. The number of benzene rings is 3. The van der Waals surface area contributed by atoms with Gasteiger partial charge in [-0.25, -0.2) is 4.39 Å². The molecule has 0 amide bonds. The van der Waals surface area contributed by atoms with Gasteiger partial charge in [0.2, 0.25) is 0 Å². The number of nitriles is 1. The summed E-state index contributed by atoms with van der Waals surface area (Å²) in [5.74, 6) is 0.830. The number of hydrogen-bond donors (Lipinski definition) is 4. The van der Waals surface area contributed by atoms with Crippen molar-refractivity contribution in [2.45, 2.75) is 19.0 Å². The second-order valence-corrected chi connectivity index (χ2v) is 12.0. The molecule has 0 spiro atoms. The van der Waals surface area contributed by atoms with Gasteiger partial charge >= 0.3 is 0 Å². The van der Waals surface area contributed by atoms with Gasteiger partial charge in [-0.1, -0.05) is 60.5 Å². The maximum atomic E-state index is 13.8. The highest BCUT2D eigenvalue weighted by atomic mass is 35.5. The molecule has 2 aliphatic heterocycles. The van der Waals surface area contributed by atoms with Crippen molar-refractivity contribution >= 4 is 51.2 Å². The topological polar surface area (TPSA) is 91.3 Å². The molecule has 3 aromatic carbocycles. The number of anilines is 3. The molecule has 2 fully saturated rings. The molecule has 4 N–H and O–H groups in total. The van der Waals surface area contributed by atoms with Crippen molar-refractivity contribution < 1.29 is 4.39 Å². The van der Waals surface area contributed by atoms with Crippen LogP contribution in [-0.2, 0) is 0 Å². The predicted molar refractivity (Wildman–Crippen MR) is 168 cm³/mol. The van der Waals surface area contributed by atoms with Crippen molar-refractivity contribution in [1.29, 1.82) is 5.26 Å². The SMILES string of the molecule is CCN1CC2C(C1)C2N1C=C([C@@H](Nc2cc(Cl)c3ncc(C#N)c(Nc4ccc(F)c(Cl)c4)c3c2)c2ccccc2)NN1. The van der Waals surface area contributed by atoms with Crippen LogP contribution in [0.25, 0.3) is 10.9 Å². The Labute approximate surface area is 259 Å². The van der Waals surface area contributed by atoms with Gasteiger partial charge in [0.1, 0.15) is 11.9 Å². The first-order valence-corrected chi connectivity index (χ1v) is 15.0. The number of nitrogens with one attached hydrogen (secondary N) is 4. The molecule has 8 nitrogen and oxygen atoms in total. The van der Waals surface area contributed by atoms with E-state index in [1.165, 1.54) is 18.3 Å². The number of likely N-dealkylation sites (tertiary alicyclic amines) is 1. The summed E-state index contributed by atoms with van der Waals surface area (Å²) in [4.78, 5) is 6.98. The first-order chi connectivity index (χ1) is 20.9. The van der Waals surface area contributed by atoms with Crippen molar-refractivity contribution in [3.8, 4) is 6.07 Å². The molecule has 4 aromatic rings. The fourth-order valence-corrected chi connectivity index (χ4v) is 6.79. The summed E-state index contributed by atoms with van der Waals surface area (Å²) < 4.78 is 13.8. The first kappa shape index (κ1) is 27.7. The number of nitrogens with zero attached hydrogens (tertiary/aromatic N) is 4. The molecule has 0 bridgehead atoms. The van der Waals surface area contributed by atoms with Crippen LogP contribution in [0.4, 0.5) is 21.5 Å². The van der Waals surface area contributed by atoms with Gasteiger partial charge in [-0.15, -0.1) is 5.53 Å². The van der Waals surface area contributed by atoms with Crippen LogP contribution in [0.15, 0.2) is 78.8 Å². The highest BCUT2D eigenvalue weighted by Crippen LogP contribution is 2.49. The molecule has 1 aliphatic carbocycles. The average Bonchev–Trinajstić information content (AvgIpc) is 3.33. The second-order valence-electron chi connectivity index (χ2n) is 11.2. The fraction of sp³-hybridized carbons (Fsp3) is 0.250. The average molecular weight is 616 g/mol. The van der Waals surface area contributed by atoms with E-state index in [0.717, 1.165) is 36.6 Å². The molecule has 1 aromatic heterocycles. The van der Waals surface area contributed by atoms with Crippen LogP contribution in [0.3, 0.4) is 0 Å². The molecule has 0 radical (unpaired) electrons. The zero-order valence-electron chi connectivity index (χ0n) is 23.3. The van der Waals surface area contributed by atoms with Gasteiger partial charge < -0.3 is 21.0 Å². The summed E-state index contributed by atoms with van der Waals surface area (Å²) in [6.45, 7) is 5.60. The summed E-state index contributed by atoms with van der Waals surface area (Å²) in [5.41, 5.74) is 11.5. The largest absolute Gasteiger partial charge is 0.373 e. The van der Waals surface area contributed by atoms with Gasteiger partial charge in [0, 0.05) is 42.2 Å². The lowest BCUT2D eigenvalue weighted by molar-refractivity contribution is 0.201. The molecular weight excluding hydrogens is 586 g/mol. The summed E-state index contributed by atoms with van der Waals surface area (Å²) in [7, 11) is 0. The summed E-state index contributed by atoms with van der Waals surface area (Å²) in [6, 6.07) is 20.7. The van der Waals surface area contributed by atoms with Gasteiger partial charge in [0.05, 0.1) is 44.6 Å². The van der Waals surface area contributed by atoms with Crippen LogP contribution in [-0.4, -0.2) is 40.6 Å². The third kappa shape index (κ3) is 5.21. The molecule has 218 valence electrons. The third-order valence-corrected chi connectivity index (χ3v) is 9.17. The molecule has 43 heavy (non-hydrogen) atoms. The van der Waals surface area contributed by atoms with Gasteiger partial charge in [-0.2, -0.15) is 5.26 Å². The van der Waals surface area contributed by atoms with E-state index < -0.39 is 5.82 Å². The van der Waals surface area contributed by atoms with Crippen molar-refractivity contribution in [2.75, 3.05) is 30.3 Å². The number of fused-ring (bicyclic) bond motifs is 2. The Morgan fingerprint density at radius 1 is 1.07 bits per heavy atom. The molecular formula is C32H29Cl2FN8. The summed E-state index contributed by atoms with van der Waals surface area (Å²) >= 11 is 12.8. The van der Waals surface area contributed by atoms with Crippen LogP contribution in [0.5, 0.6) is 0 Å². The Bertz CT molecular complexity index is 1760. The molecule has 2 unspecified atom stereocenters. The highest BCUT2D eigenvalue weighted by molar-refractivity contribution is 6.36. The molecule has 1 saturated heterocycles. The molecule has 3 aliphatic rings. The number of rotatable bonds is 8.